The predicted molar refractivity (Wildman–Crippen MR) is 113 cm³/mol. The van der Waals surface area contributed by atoms with Crippen molar-refractivity contribution in [1.29, 1.82) is 0 Å². The summed E-state index contributed by atoms with van der Waals surface area (Å²) in [5, 5.41) is 6.13. The minimum atomic E-state index is -0.252. The Morgan fingerprint density at radius 2 is 1.46 bits per heavy atom. The maximum absolute atomic E-state index is 12.4. The molecule has 0 saturated carbocycles. The Kier molecular flexibility index (Phi) is 5.54. The molecule has 1 amide bonds. The van der Waals surface area contributed by atoms with Crippen LogP contribution in [0.15, 0.2) is 54.7 Å². The summed E-state index contributed by atoms with van der Waals surface area (Å²) in [5.41, 5.74) is 6.24. The summed E-state index contributed by atoms with van der Waals surface area (Å²) in [4.78, 5) is 28.1. The Balaban J connectivity index is 1.70. The molecule has 0 aliphatic carbocycles. The molecule has 0 spiro atoms. The Morgan fingerprint density at radius 3 is 2.00 bits per heavy atom. The second-order valence-electron chi connectivity index (χ2n) is 6.92. The average molecular weight is 373 g/mol. The highest BCUT2D eigenvalue weighted by atomic mass is 16.1. The average Bonchev–Trinajstić information content (AvgIpc) is 2.65. The Labute approximate surface area is 164 Å². The molecule has 1 heterocycles. The summed E-state index contributed by atoms with van der Waals surface area (Å²) in [5.74, 6) is 0.416. The van der Waals surface area contributed by atoms with E-state index in [4.69, 9.17) is 0 Å². The fraction of sp³-hybridized carbons (Fsp3) is 0.174. The highest BCUT2D eigenvalue weighted by molar-refractivity contribution is 6.04. The van der Waals surface area contributed by atoms with Crippen LogP contribution in [0.3, 0.4) is 0 Å². The first-order chi connectivity index (χ1) is 13.3. The number of aromatic nitrogens is 1. The van der Waals surface area contributed by atoms with Gasteiger partial charge in [-0.3, -0.25) is 9.59 Å². The third-order valence-electron chi connectivity index (χ3n) is 4.51. The normalized spacial score (nSPS) is 10.4. The second-order valence-corrected chi connectivity index (χ2v) is 6.92. The van der Waals surface area contributed by atoms with Gasteiger partial charge in [0.15, 0.2) is 5.78 Å². The van der Waals surface area contributed by atoms with Gasteiger partial charge in [0.2, 0.25) is 0 Å². The van der Waals surface area contributed by atoms with Gasteiger partial charge in [-0.15, -0.1) is 0 Å². The van der Waals surface area contributed by atoms with E-state index in [0.29, 0.717) is 22.6 Å². The minimum absolute atomic E-state index is 0.00999. The van der Waals surface area contributed by atoms with Crippen molar-refractivity contribution in [3.05, 3.63) is 82.5 Å². The van der Waals surface area contributed by atoms with E-state index >= 15 is 0 Å². The lowest BCUT2D eigenvalue weighted by atomic mass is 10.1. The van der Waals surface area contributed by atoms with E-state index in [0.717, 1.165) is 16.8 Å². The molecule has 0 bridgehead atoms. The monoisotopic (exact) mass is 373 g/mol. The van der Waals surface area contributed by atoms with Gasteiger partial charge in [0.25, 0.3) is 5.91 Å². The highest BCUT2D eigenvalue weighted by Gasteiger charge is 2.09. The van der Waals surface area contributed by atoms with Crippen molar-refractivity contribution < 1.29 is 9.59 Å². The van der Waals surface area contributed by atoms with Gasteiger partial charge in [-0.05, 0) is 75.2 Å². The van der Waals surface area contributed by atoms with Crippen LogP contribution in [0.1, 0.15) is 44.3 Å². The lowest BCUT2D eigenvalue weighted by Gasteiger charge is -2.13. The van der Waals surface area contributed by atoms with Gasteiger partial charge in [0.1, 0.15) is 5.82 Å². The number of Topliss-reactive ketones (excluding diaryl/α,β-unsaturated/α-hetero) is 1. The fourth-order valence-corrected chi connectivity index (χ4v) is 3.10. The van der Waals surface area contributed by atoms with Crippen LogP contribution in [0.5, 0.6) is 0 Å². The van der Waals surface area contributed by atoms with Crippen molar-refractivity contribution in [2.24, 2.45) is 0 Å². The number of hydrogen-bond donors (Lipinski definition) is 2. The molecule has 0 fully saturated rings. The van der Waals surface area contributed by atoms with E-state index in [1.165, 1.54) is 12.5 Å². The van der Waals surface area contributed by atoms with Crippen LogP contribution >= 0.6 is 0 Å². The molecule has 0 aliphatic rings. The summed E-state index contributed by atoms with van der Waals surface area (Å²) in [7, 11) is 0. The molecule has 1 aromatic heterocycles. The van der Waals surface area contributed by atoms with Crippen molar-refractivity contribution in [2.45, 2.75) is 27.7 Å². The maximum Gasteiger partial charge on any atom is 0.257 e. The maximum atomic E-state index is 12.4. The first-order valence-electron chi connectivity index (χ1n) is 9.07. The third-order valence-corrected chi connectivity index (χ3v) is 4.51. The van der Waals surface area contributed by atoms with Crippen LogP contribution in [0.2, 0.25) is 0 Å². The zero-order valence-corrected chi connectivity index (χ0v) is 16.5. The van der Waals surface area contributed by atoms with Crippen LogP contribution in [0, 0.1) is 20.8 Å². The number of ketones is 1. The van der Waals surface area contributed by atoms with E-state index < -0.39 is 0 Å². The van der Waals surface area contributed by atoms with Crippen molar-refractivity contribution in [3.8, 4) is 0 Å². The molecule has 0 unspecified atom stereocenters. The summed E-state index contributed by atoms with van der Waals surface area (Å²) >= 11 is 0. The smallest absolute Gasteiger partial charge is 0.257 e. The summed E-state index contributed by atoms with van der Waals surface area (Å²) in [6.07, 6.45) is 1.54. The number of carbonyl (C=O) groups is 2. The van der Waals surface area contributed by atoms with E-state index in [-0.39, 0.29) is 11.7 Å². The zero-order valence-electron chi connectivity index (χ0n) is 16.5. The largest absolute Gasteiger partial charge is 0.340 e. The molecule has 0 radical (unpaired) electrons. The SMILES string of the molecule is CC(=O)c1ccc(NC(=O)c2ccc(Nc3c(C)cc(C)cc3C)nc2)cc1. The third kappa shape index (κ3) is 4.43. The van der Waals surface area contributed by atoms with Crippen LogP contribution < -0.4 is 10.6 Å². The Bertz CT molecular complexity index is 1000. The van der Waals surface area contributed by atoms with Gasteiger partial charge in [-0.2, -0.15) is 0 Å². The summed E-state index contributed by atoms with van der Waals surface area (Å²) in [6, 6.07) is 14.6. The van der Waals surface area contributed by atoms with Crippen molar-refractivity contribution in [3.63, 3.8) is 0 Å². The number of anilines is 3. The molecule has 0 saturated heterocycles. The van der Waals surface area contributed by atoms with Crippen LogP contribution in [0.25, 0.3) is 0 Å². The molecular formula is C23H23N3O2. The number of carbonyl (C=O) groups excluding carboxylic acids is 2. The molecule has 0 aliphatic heterocycles. The number of pyridine rings is 1. The minimum Gasteiger partial charge on any atom is -0.340 e. The van der Waals surface area contributed by atoms with Crippen molar-refractivity contribution in [2.75, 3.05) is 10.6 Å². The van der Waals surface area contributed by atoms with E-state index in [2.05, 4.69) is 48.5 Å². The lowest BCUT2D eigenvalue weighted by molar-refractivity contribution is 0.101. The highest BCUT2D eigenvalue weighted by Crippen LogP contribution is 2.25. The molecule has 5 nitrogen and oxygen atoms in total. The summed E-state index contributed by atoms with van der Waals surface area (Å²) in [6.45, 7) is 7.70. The Morgan fingerprint density at radius 1 is 0.857 bits per heavy atom. The zero-order chi connectivity index (χ0) is 20.3. The van der Waals surface area contributed by atoms with Gasteiger partial charge >= 0.3 is 0 Å². The molecule has 5 heteroatoms. The fourth-order valence-electron chi connectivity index (χ4n) is 3.10. The Hall–Kier alpha value is -3.47. The number of amides is 1. The number of benzene rings is 2. The number of rotatable bonds is 5. The molecule has 0 atom stereocenters. The standard InChI is InChI=1S/C23H23N3O2/c1-14-11-15(2)22(16(3)12-14)26-21-10-7-19(13-24-21)23(28)25-20-8-5-18(6-9-20)17(4)27/h5-13H,1-4H3,(H,24,26)(H,25,28). The molecular weight excluding hydrogens is 350 g/mol. The number of nitrogens with one attached hydrogen (secondary N) is 2. The van der Waals surface area contributed by atoms with Crippen LogP contribution in [-0.4, -0.2) is 16.7 Å². The molecule has 2 aromatic carbocycles. The van der Waals surface area contributed by atoms with Gasteiger partial charge in [0.05, 0.1) is 5.56 Å². The molecule has 3 aromatic rings. The lowest BCUT2D eigenvalue weighted by Crippen LogP contribution is -2.12. The van der Waals surface area contributed by atoms with Gasteiger partial charge < -0.3 is 10.6 Å². The van der Waals surface area contributed by atoms with Crippen LogP contribution in [-0.2, 0) is 0 Å². The molecule has 142 valence electrons. The van der Waals surface area contributed by atoms with Gasteiger partial charge in [0, 0.05) is 23.1 Å². The van der Waals surface area contributed by atoms with Gasteiger partial charge in [-0.1, -0.05) is 17.7 Å². The quantitative estimate of drug-likeness (QED) is 0.603. The second kappa shape index (κ2) is 8.05. The van der Waals surface area contributed by atoms with Crippen molar-refractivity contribution in [1.82, 2.24) is 4.98 Å². The van der Waals surface area contributed by atoms with Crippen molar-refractivity contribution >= 4 is 28.9 Å². The first kappa shape index (κ1) is 19.3. The number of hydrogen-bond acceptors (Lipinski definition) is 4. The predicted octanol–water partition coefficient (Wildman–Crippen LogP) is 5.21. The van der Waals surface area contributed by atoms with Crippen LogP contribution in [0.4, 0.5) is 17.2 Å². The number of aryl methyl sites for hydroxylation is 3. The van der Waals surface area contributed by atoms with Gasteiger partial charge in [-0.25, -0.2) is 4.98 Å². The van der Waals surface area contributed by atoms with E-state index in [9.17, 15) is 9.59 Å². The summed E-state index contributed by atoms with van der Waals surface area (Å²) < 4.78 is 0. The molecule has 3 rings (SSSR count). The topological polar surface area (TPSA) is 71.1 Å². The first-order valence-corrected chi connectivity index (χ1v) is 9.07. The van der Waals surface area contributed by atoms with E-state index in [1.807, 2.05) is 0 Å². The number of nitrogens with zero attached hydrogens (tertiary/aromatic N) is 1. The molecule has 28 heavy (non-hydrogen) atoms. The van der Waals surface area contributed by atoms with E-state index in [1.54, 1.807) is 42.6 Å². The molecule has 2 N–H and O–H groups in total.